The molecule has 0 aliphatic heterocycles. The van der Waals surface area contributed by atoms with Crippen molar-refractivity contribution in [2.75, 3.05) is 23.7 Å². The van der Waals surface area contributed by atoms with Crippen molar-refractivity contribution in [3.8, 4) is 5.75 Å². The van der Waals surface area contributed by atoms with Gasteiger partial charge in [-0.25, -0.2) is 8.42 Å². The van der Waals surface area contributed by atoms with E-state index in [1.165, 1.54) is 28.8 Å². The number of nitrogens with zero attached hydrogens (tertiary/aromatic N) is 2. The third-order valence-electron chi connectivity index (χ3n) is 8.05. The van der Waals surface area contributed by atoms with Crippen LogP contribution in [0.4, 0.5) is 5.69 Å². The predicted octanol–water partition coefficient (Wildman–Crippen LogP) is 7.57. The topological polar surface area (TPSA) is 96.0 Å². The molecule has 3 aromatic carbocycles. The van der Waals surface area contributed by atoms with Gasteiger partial charge in [0.2, 0.25) is 11.8 Å². The van der Waals surface area contributed by atoms with Crippen LogP contribution in [0.2, 0.25) is 10.0 Å². The Balaban J connectivity index is 1.76. The molecule has 1 N–H and O–H groups in total. The van der Waals surface area contributed by atoms with Gasteiger partial charge in [-0.2, -0.15) is 0 Å². The van der Waals surface area contributed by atoms with Crippen molar-refractivity contribution >= 4 is 62.5 Å². The summed E-state index contributed by atoms with van der Waals surface area (Å²) in [5, 5.41) is 3.93. The third-order valence-corrected chi connectivity index (χ3v) is 11.2. The van der Waals surface area contributed by atoms with Crippen LogP contribution in [0.1, 0.15) is 57.9 Å². The Morgan fingerprint density at radius 1 is 1.00 bits per heavy atom. The lowest BCUT2D eigenvalue weighted by Crippen LogP contribution is -2.54. The van der Waals surface area contributed by atoms with Crippen molar-refractivity contribution in [3.63, 3.8) is 0 Å². The molecule has 0 bridgehead atoms. The summed E-state index contributed by atoms with van der Waals surface area (Å²) in [6.45, 7) is 3.34. The number of hydrogen-bond acceptors (Lipinski definition) is 6. The van der Waals surface area contributed by atoms with Crippen LogP contribution in [-0.2, 0) is 26.2 Å². The van der Waals surface area contributed by atoms with Crippen LogP contribution < -0.4 is 14.4 Å². The standard InChI is InChI=1S/C34H41Cl2N3O5S2/c1-4-30(34(41)37-26-11-7-6-8-12-26)38(22-24-15-16-25(35)21-29(24)36)33(40)23-39(31-13-9-10-14-32(31)44-5-2)46(42,43)28-19-17-27(45-3)18-20-28/h9-10,13-21,26,30H,4-8,11-12,22-23H2,1-3H3,(H,37,41). The zero-order valence-corrected chi connectivity index (χ0v) is 29.5. The third kappa shape index (κ3) is 8.91. The Morgan fingerprint density at radius 3 is 2.33 bits per heavy atom. The number of para-hydroxylation sites is 2. The molecule has 46 heavy (non-hydrogen) atoms. The number of anilines is 1. The predicted molar refractivity (Wildman–Crippen MR) is 186 cm³/mol. The van der Waals surface area contributed by atoms with Gasteiger partial charge >= 0.3 is 0 Å². The maximum Gasteiger partial charge on any atom is 0.264 e. The molecule has 12 heteroatoms. The molecule has 1 saturated carbocycles. The Hall–Kier alpha value is -2.92. The highest BCUT2D eigenvalue weighted by atomic mass is 35.5. The van der Waals surface area contributed by atoms with Crippen molar-refractivity contribution in [3.05, 3.63) is 82.3 Å². The van der Waals surface area contributed by atoms with E-state index in [9.17, 15) is 18.0 Å². The fourth-order valence-electron chi connectivity index (χ4n) is 5.63. The summed E-state index contributed by atoms with van der Waals surface area (Å²) in [7, 11) is -4.26. The molecule has 4 rings (SSSR count). The number of hydrogen-bond donors (Lipinski definition) is 1. The van der Waals surface area contributed by atoms with E-state index in [0.29, 0.717) is 34.4 Å². The molecular weight excluding hydrogens is 665 g/mol. The van der Waals surface area contributed by atoms with E-state index in [2.05, 4.69) is 5.32 Å². The van der Waals surface area contributed by atoms with Crippen LogP contribution in [0, 0.1) is 0 Å². The van der Waals surface area contributed by atoms with Crippen molar-refractivity contribution in [2.24, 2.45) is 0 Å². The smallest absolute Gasteiger partial charge is 0.264 e. The first-order valence-electron chi connectivity index (χ1n) is 15.5. The molecule has 0 radical (unpaired) electrons. The van der Waals surface area contributed by atoms with Gasteiger partial charge in [0.15, 0.2) is 0 Å². The summed E-state index contributed by atoms with van der Waals surface area (Å²) in [5.74, 6) is -0.520. The molecule has 0 heterocycles. The first-order chi connectivity index (χ1) is 22.1. The highest BCUT2D eigenvalue weighted by Crippen LogP contribution is 2.34. The molecule has 3 aromatic rings. The van der Waals surface area contributed by atoms with Gasteiger partial charge in [-0.1, -0.05) is 67.6 Å². The van der Waals surface area contributed by atoms with E-state index in [4.69, 9.17) is 27.9 Å². The van der Waals surface area contributed by atoms with Crippen LogP contribution in [0.5, 0.6) is 5.75 Å². The average molecular weight is 707 g/mol. The largest absolute Gasteiger partial charge is 0.492 e. The number of sulfonamides is 1. The van der Waals surface area contributed by atoms with Crippen LogP contribution in [0.25, 0.3) is 0 Å². The number of rotatable bonds is 14. The molecule has 1 aliphatic rings. The van der Waals surface area contributed by atoms with Crippen molar-refractivity contribution in [2.45, 2.75) is 80.8 Å². The number of ether oxygens (including phenoxy) is 1. The van der Waals surface area contributed by atoms with Crippen LogP contribution in [-0.4, -0.2) is 56.6 Å². The maximum absolute atomic E-state index is 14.5. The zero-order valence-electron chi connectivity index (χ0n) is 26.4. The fourth-order valence-corrected chi connectivity index (χ4v) is 7.93. The molecule has 248 valence electrons. The minimum Gasteiger partial charge on any atom is -0.492 e. The SMILES string of the molecule is CCOc1ccccc1N(CC(=O)N(Cc1ccc(Cl)cc1Cl)C(CC)C(=O)NC1CCCCC1)S(=O)(=O)c1ccc(SC)cc1. The molecule has 1 fully saturated rings. The highest BCUT2D eigenvalue weighted by Gasteiger charge is 2.35. The van der Waals surface area contributed by atoms with Gasteiger partial charge in [-0.15, -0.1) is 11.8 Å². The Kier molecular flexibility index (Phi) is 13.1. The summed E-state index contributed by atoms with van der Waals surface area (Å²) in [6.07, 6.45) is 7.19. The molecule has 0 aromatic heterocycles. The molecule has 2 amide bonds. The number of amides is 2. The van der Waals surface area contributed by atoms with E-state index < -0.39 is 28.5 Å². The Morgan fingerprint density at radius 2 is 1.70 bits per heavy atom. The summed E-state index contributed by atoms with van der Waals surface area (Å²) in [5.41, 5.74) is 0.802. The lowest BCUT2D eigenvalue weighted by molar-refractivity contribution is -0.140. The van der Waals surface area contributed by atoms with Crippen molar-refractivity contribution < 1.29 is 22.7 Å². The summed E-state index contributed by atoms with van der Waals surface area (Å²) < 4.78 is 35.5. The second-order valence-electron chi connectivity index (χ2n) is 11.1. The van der Waals surface area contributed by atoms with Gasteiger partial charge in [0.05, 0.1) is 17.2 Å². The van der Waals surface area contributed by atoms with E-state index in [-0.39, 0.29) is 29.1 Å². The lowest BCUT2D eigenvalue weighted by atomic mass is 9.95. The number of nitrogens with one attached hydrogen (secondary N) is 1. The minimum atomic E-state index is -4.26. The molecule has 0 spiro atoms. The molecule has 1 unspecified atom stereocenters. The number of carbonyl (C=O) groups excluding carboxylic acids is 2. The van der Waals surface area contributed by atoms with Gasteiger partial charge < -0.3 is 15.0 Å². The monoisotopic (exact) mass is 705 g/mol. The van der Waals surface area contributed by atoms with Gasteiger partial charge in [-0.05, 0) is 86.5 Å². The number of carbonyl (C=O) groups is 2. The van der Waals surface area contributed by atoms with E-state index in [1.54, 1.807) is 61.5 Å². The van der Waals surface area contributed by atoms with E-state index >= 15 is 0 Å². The van der Waals surface area contributed by atoms with Gasteiger partial charge in [0.1, 0.15) is 18.3 Å². The molecule has 0 saturated heterocycles. The van der Waals surface area contributed by atoms with E-state index in [1.807, 2.05) is 13.2 Å². The van der Waals surface area contributed by atoms with Crippen LogP contribution in [0.3, 0.4) is 0 Å². The molecule has 8 nitrogen and oxygen atoms in total. The van der Waals surface area contributed by atoms with Crippen molar-refractivity contribution in [1.29, 1.82) is 0 Å². The van der Waals surface area contributed by atoms with Crippen LogP contribution in [0.15, 0.2) is 76.5 Å². The number of benzene rings is 3. The summed E-state index contributed by atoms with van der Waals surface area (Å²) in [4.78, 5) is 30.6. The summed E-state index contributed by atoms with van der Waals surface area (Å²) in [6, 6.07) is 17.3. The van der Waals surface area contributed by atoms with Gasteiger partial charge in [-0.3, -0.25) is 13.9 Å². The van der Waals surface area contributed by atoms with Crippen LogP contribution >= 0.6 is 35.0 Å². The molecular formula is C34H41Cl2N3O5S2. The summed E-state index contributed by atoms with van der Waals surface area (Å²) >= 11 is 14.2. The van der Waals surface area contributed by atoms with Crippen molar-refractivity contribution in [1.82, 2.24) is 10.2 Å². The minimum absolute atomic E-state index is 0.0190. The normalized spacial score (nSPS) is 14.4. The first kappa shape index (κ1) is 35.9. The highest BCUT2D eigenvalue weighted by molar-refractivity contribution is 7.98. The Labute approximate surface area is 286 Å². The second kappa shape index (κ2) is 16.8. The molecule has 1 aliphatic carbocycles. The second-order valence-corrected chi connectivity index (χ2v) is 14.7. The lowest BCUT2D eigenvalue weighted by Gasteiger charge is -2.35. The number of halogens is 2. The molecule has 1 atom stereocenters. The maximum atomic E-state index is 14.5. The fraction of sp³-hybridized carbons (Fsp3) is 0.412. The Bertz CT molecular complexity index is 1600. The van der Waals surface area contributed by atoms with E-state index in [0.717, 1.165) is 41.3 Å². The first-order valence-corrected chi connectivity index (χ1v) is 18.9. The number of thioether (sulfide) groups is 1. The average Bonchev–Trinajstić information content (AvgIpc) is 3.05. The quantitative estimate of drug-likeness (QED) is 0.174. The van der Waals surface area contributed by atoms with Gasteiger partial charge in [0, 0.05) is 27.5 Å². The van der Waals surface area contributed by atoms with Gasteiger partial charge in [0.25, 0.3) is 10.0 Å². The zero-order chi connectivity index (χ0) is 33.3.